The van der Waals surface area contributed by atoms with Gasteiger partial charge >= 0.3 is 0 Å². The van der Waals surface area contributed by atoms with Crippen LogP contribution in [-0.2, 0) is 9.47 Å². The molecule has 2 heterocycles. The summed E-state index contributed by atoms with van der Waals surface area (Å²) in [6.07, 6.45) is 6.79. The molecule has 1 spiro atoms. The molecule has 3 unspecified atom stereocenters. The Labute approximate surface area is 109 Å². The van der Waals surface area contributed by atoms with Crippen molar-refractivity contribution in [2.24, 2.45) is 0 Å². The highest BCUT2D eigenvalue weighted by atomic mass is 32.2. The molecule has 2 aliphatic heterocycles. The molecule has 100 valence electrons. The van der Waals surface area contributed by atoms with Gasteiger partial charge in [0.2, 0.25) is 0 Å². The molecule has 0 radical (unpaired) electrons. The molecule has 17 heavy (non-hydrogen) atoms. The van der Waals surface area contributed by atoms with E-state index in [1.807, 2.05) is 11.8 Å². The van der Waals surface area contributed by atoms with Gasteiger partial charge in [0.15, 0.2) is 0 Å². The van der Waals surface area contributed by atoms with E-state index < -0.39 is 0 Å². The van der Waals surface area contributed by atoms with Crippen LogP contribution in [0, 0.1) is 0 Å². The van der Waals surface area contributed by atoms with Crippen molar-refractivity contribution in [1.29, 1.82) is 0 Å². The molecule has 4 heteroatoms. The smallest absolute Gasteiger partial charge is 0.0951 e. The van der Waals surface area contributed by atoms with Crippen LogP contribution in [0.3, 0.4) is 0 Å². The van der Waals surface area contributed by atoms with Crippen molar-refractivity contribution in [2.75, 3.05) is 32.6 Å². The Bertz CT molecular complexity index is 231. The zero-order valence-electron chi connectivity index (χ0n) is 11.0. The fourth-order valence-corrected chi connectivity index (χ4v) is 3.03. The molecule has 2 aliphatic rings. The lowest BCUT2D eigenvalue weighted by molar-refractivity contribution is -0.0892. The molecule has 2 rings (SSSR count). The van der Waals surface area contributed by atoms with Gasteiger partial charge in [0, 0.05) is 30.9 Å². The van der Waals surface area contributed by atoms with E-state index in [2.05, 4.69) is 18.5 Å². The fourth-order valence-electron chi connectivity index (χ4n) is 2.67. The van der Waals surface area contributed by atoms with Crippen LogP contribution >= 0.6 is 11.8 Å². The van der Waals surface area contributed by atoms with Gasteiger partial charge in [0.25, 0.3) is 0 Å². The minimum atomic E-state index is 0.0427. The summed E-state index contributed by atoms with van der Waals surface area (Å²) in [6, 6.07) is 0.625. The van der Waals surface area contributed by atoms with E-state index in [1.54, 1.807) is 0 Å². The average molecular weight is 259 g/mol. The maximum atomic E-state index is 5.94. The number of thioether (sulfide) groups is 1. The molecule has 0 aromatic heterocycles. The second-order valence-electron chi connectivity index (χ2n) is 5.31. The van der Waals surface area contributed by atoms with E-state index >= 15 is 0 Å². The van der Waals surface area contributed by atoms with Gasteiger partial charge in [-0.3, -0.25) is 0 Å². The Morgan fingerprint density at radius 2 is 2.35 bits per heavy atom. The van der Waals surface area contributed by atoms with Crippen LogP contribution in [0.25, 0.3) is 0 Å². The van der Waals surface area contributed by atoms with Crippen molar-refractivity contribution < 1.29 is 9.47 Å². The number of nitrogens with one attached hydrogen (secondary N) is 1. The molecule has 3 nitrogen and oxygen atoms in total. The van der Waals surface area contributed by atoms with Crippen LogP contribution in [0.15, 0.2) is 0 Å². The molecule has 0 aromatic rings. The molecule has 2 fully saturated rings. The normalized spacial score (nSPS) is 35.3. The van der Waals surface area contributed by atoms with Crippen LogP contribution in [-0.4, -0.2) is 49.5 Å². The molecule has 0 aliphatic carbocycles. The third kappa shape index (κ3) is 3.85. The molecule has 0 bridgehead atoms. The zero-order chi connectivity index (χ0) is 12.1. The Hall–Kier alpha value is 0.230. The van der Waals surface area contributed by atoms with Crippen molar-refractivity contribution >= 4 is 11.8 Å². The van der Waals surface area contributed by atoms with E-state index in [9.17, 15) is 0 Å². The van der Waals surface area contributed by atoms with Crippen molar-refractivity contribution in [3.05, 3.63) is 0 Å². The minimum Gasteiger partial charge on any atom is -0.378 e. The highest BCUT2D eigenvalue weighted by Crippen LogP contribution is 2.32. The minimum absolute atomic E-state index is 0.0427. The Balaban J connectivity index is 1.70. The summed E-state index contributed by atoms with van der Waals surface area (Å²) >= 11 is 1.95. The van der Waals surface area contributed by atoms with Crippen LogP contribution in [0.4, 0.5) is 0 Å². The van der Waals surface area contributed by atoms with Gasteiger partial charge in [0.05, 0.1) is 12.2 Å². The lowest BCUT2D eigenvalue weighted by atomic mass is 9.89. The highest BCUT2D eigenvalue weighted by molar-refractivity contribution is 7.99. The first-order chi connectivity index (χ1) is 8.24. The van der Waals surface area contributed by atoms with E-state index in [-0.39, 0.29) is 5.60 Å². The van der Waals surface area contributed by atoms with E-state index in [1.165, 1.54) is 6.42 Å². The summed E-state index contributed by atoms with van der Waals surface area (Å²) < 4.78 is 11.4. The van der Waals surface area contributed by atoms with Crippen molar-refractivity contribution in [3.63, 3.8) is 0 Å². The molecule has 0 saturated carbocycles. The summed E-state index contributed by atoms with van der Waals surface area (Å²) in [5.74, 6) is 0. The molecule has 0 amide bonds. The number of ether oxygens (including phenoxy) is 2. The average Bonchev–Trinajstić information content (AvgIpc) is 2.77. The van der Waals surface area contributed by atoms with Gasteiger partial charge in [0.1, 0.15) is 0 Å². The molecular formula is C13H25NO2S. The van der Waals surface area contributed by atoms with Gasteiger partial charge in [-0.15, -0.1) is 0 Å². The maximum Gasteiger partial charge on any atom is 0.0951 e. The predicted molar refractivity (Wildman–Crippen MR) is 72.7 cm³/mol. The summed E-state index contributed by atoms with van der Waals surface area (Å²) in [6.45, 7) is 5.98. The first-order valence-electron chi connectivity index (χ1n) is 6.72. The third-order valence-electron chi connectivity index (χ3n) is 3.95. The fraction of sp³-hybridized carbons (Fsp3) is 1.00. The highest BCUT2D eigenvalue weighted by Gasteiger charge is 2.40. The van der Waals surface area contributed by atoms with Crippen LogP contribution in [0.2, 0.25) is 0 Å². The molecule has 2 saturated heterocycles. The Morgan fingerprint density at radius 1 is 1.47 bits per heavy atom. The largest absolute Gasteiger partial charge is 0.378 e. The summed E-state index contributed by atoms with van der Waals surface area (Å²) in [5, 5.41) is 4.44. The Kier molecular flexibility index (Phi) is 5.15. The monoisotopic (exact) mass is 259 g/mol. The summed E-state index contributed by atoms with van der Waals surface area (Å²) in [5.41, 5.74) is 0.0427. The van der Waals surface area contributed by atoms with Crippen molar-refractivity contribution in [1.82, 2.24) is 5.32 Å². The van der Waals surface area contributed by atoms with Gasteiger partial charge in [-0.25, -0.2) is 0 Å². The number of hydrogen-bond acceptors (Lipinski definition) is 4. The summed E-state index contributed by atoms with van der Waals surface area (Å²) in [7, 11) is 0. The standard InChI is InChI=1S/C13H25NO2S/c1-11(17-2)3-6-14-12-4-7-16-13(9-12)5-8-15-10-13/h11-12,14H,3-10H2,1-2H3. The van der Waals surface area contributed by atoms with Crippen LogP contribution in [0.5, 0.6) is 0 Å². The molecular weight excluding hydrogens is 234 g/mol. The Morgan fingerprint density at radius 3 is 3.06 bits per heavy atom. The van der Waals surface area contributed by atoms with Gasteiger partial charge < -0.3 is 14.8 Å². The SMILES string of the molecule is CSC(C)CCNC1CCOC2(CCOC2)C1. The second-order valence-corrected chi connectivity index (χ2v) is 6.59. The second kappa shape index (κ2) is 6.41. The zero-order valence-corrected chi connectivity index (χ0v) is 11.9. The first kappa shape index (κ1) is 13.7. The lowest BCUT2D eigenvalue weighted by Gasteiger charge is -2.37. The van der Waals surface area contributed by atoms with Crippen LogP contribution in [0.1, 0.15) is 32.6 Å². The lowest BCUT2D eigenvalue weighted by Crippen LogP contribution is -2.47. The third-order valence-corrected chi connectivity index (χ3v) is 4.99. The van der Waals surface area contributed by atoms with E-state index in [0.717, 1.165) is 50.9 Å². The van der Waals surface area contributed by atoms with Gasteiger partial charge in [-0.1, -0.05) is 6.92 Å². The van der Waals surface area contributed by atoms with Crippen LogP contribution < -0.4 is 5.32 Å². The van der Waals surface area contributed by atoms with Gasteiger partial charge in [-0.05, 0) is 32.1 Å². The molecule has 3 atom stereocenters. The molecule has 0 aromatic carbocycles. The first-order valence-corrected chi connectivity index (χ1v) is 8.01. The molecule has 1 N–H and O–H groups in total. The number of hydrogen-bond donors (Lipinski definition) is 1. The number of rotatable bonds is 5. The van der Waals surface area contributed by atoms with Gasteiger partial charge in [-0.2, -0.15) is 11.8 Å². The predicted octanol–water partition coefficient (Wildman–Crippen LogP) is 2.06. The topological polar surface area (TPSA) is 30.5 Å². The van der Waals surface area contributed by atoms with E-state index in [0.29, 0.717) is 6.04 Å². The van der Waals surface area contributed by atoms with Crippen molar-refractivity contribution in [2.45, 2.75) is 49.5 Å². The van der Waals surface area contributed by atoms with E-state index in [4.69, 9.17) is 9.47 Å². The summed E-state index contributed by atoms with van der Waals surface area (Å²) in [4.78, 5) is 0. The quantitative estimate of drug-likeness (QED) is 0.818. The van der Waals surface area contributed by atoms with Crippen molar-refractivity contribution in [3.8, 4) is 0 Å². The maximum absolute atomic E-state index is 5.94.